The second-order valence-corrected chi connectivity index (χ2v) is 4.37. The molecular weight excluding hydrogens is 228 g/mol. The Morgan fingerprint density at radius 2 is 1.94 bits per heavy atom. The van der Waals surface area contributed by atoms with Gasteiger partial charge >= 0.3 is 0 Å². The molecule has 3 rings (SSSR count). The SMILES string of the molecule is Cc1nccnc1-c1cc(N2CCNCC2)n[nH]1. The van der Waals surface area contributed by atoms with Crippen LogP contribution in [0.15, 0.2) is 18.5 Å². The molecule has 2 aromatic heterocycles. The van der Waals surface area contributed by atoms with Gasteiger partial charge in [0.2, 0.25) is 0 Å². The lowest BCUT2D eigenvalue weighted by atomic mass is 10.2. The number of hydrogen-bond acceptors (Lipinski definition) is 5. The van der Waals surface area contributed by atoms with Crippen LogP contribution in [0, 0.1) is 6.92 Å². The summed E-state index contributed by atoms with van der Waals surface area (Å²) in [7, 11) is 0. The second kappa shape index (κ2) is 4.73. The van der Waals surface area contributed by atoms with Crippen LogP contribution in [0.2, 0.25) is 0 Å². The van der Waals surface area contributed by atoms with Gasteiger partial charge in [0, 0.05) is 44.6 Å². The summed E-state index contributed by atoms with van der Waals surface area (Å²) < 4.78 is 0. The van der Waals surface area contributed by atoms with Crippen molar-refractivity contribution in [3.63, 3.8) is 0 Å². The van der Waals surface area contributed by atoms with Gasteiger partial charge in [-0.2, -0.15) is 5.10 Å². The lowest BCUT2D eigenvalue weighted by Gasteiger charge is -2.26. The van der Waals surface area contributed by atoms with Crippen molar-refractivity contribution in [1.82, 2.24) is 25.5 Å². The zero-order chi connectivity index (χ0) is 12.4. The number of anilines is 1. The van der Waals surface area contributed by atoms with Crippen molar-refractivity contribution >= 4 is 5.82 Å². The third kappa shape index (κ3) is 2.06. The molecule has 6 nitrogen and oxygen atoms in total. The van der Waals surface area contributed by atoms with E-state index in [1.54, 1.807) is 12.4 Å². The number of rotatable bonds is 2. The number of hydrogen-bond donors (Lipinski definition) is 2. The van der Waals surface area contributed by atoms with Crippen molar-refractivity contribution in [2.24, 2.45) is 0 Å². The van der Waals surface area contributed by atoms with Gasteiger partial charge in [-0.05, 0) is 6.92 Å². The fraction of sp³-hybridized carbons (Fsp3) is 0.417. The molecule has 2 aromatic rings. The zero-order valence-electron chi connectivity index (χ0n) is 10.3. The van der Waals surface area contributed by atoms with Crippen LogP contribution < -0.4 is 10.2 Å². The molecule has 1 saturated heterocycles. The van der Waals surface area contributed by atoms with E-state index in [1.165, 1.54) is 0 Å². The summed E-state index contributed by atoms with van der Waals surface area (Å²) in [5, 5.41) is 10.7. The molecule has 0 amide bonds. The first-order chi connectivity index (χ1) is 8.84. The molecule has 0 unspecified atom stereocenters. The third-order valence-electron chi connectivity index (χ3n) is 3.14. The average molecular weight is 244 g/mol. The van der Waals surface area contributed by atoms with E-state index < -0.39 is 0 Å². The Morgan fingerprint density at radius 1 is 1.17 bits per heavy atom. The maximum absolute atomic E-state index is 4.36. The van der Waals surface area contributed by atoms with Crippen LogP contribution >= 0.6 is 0 Å². The number of aromatic amines is 1. The highest BCUT2D eigenvalue weighted by molar-refractivity contribution is 5.61. The van der Waals surface area contributed by atoms with Gasteiger partial charge in [0.25, 0.3) is 0 Å². The fourth-order valence-electron chi connectivity index (χ4n) is 2.16. The van der Waals surface area contributed by atoms with E-state index in [4.69, 9.17) is 0 Å². The monoisotopic (exact) mass is 244 g/mol. The van der Waals surface area contributed by atoms with Gasteiger partial charge in [0.1, 0.15) is 5.69 Å². The van der Waals surface area contributed by atoms with Crippen LogP contribution in [-0.4, -0.2) is 46.3 Å². The minimum atomic E-state index is 0.867. The van der Waals surface area contributed by atoms with Crippen LogP contribution in [0.4, 0.5) is 5.82 Å². The second-order valence-electron chi connectivity index (χ2n) is 4.37. The molecule has 0 aromatic carbocycles. The van der Waals surface area contributed by atoms with E-state index in [9.17, 15) is 0 Å². The average Bonchev–Trinajstić information content (AvgIpc) is 2.90. The van der Waals surface area contributed by atoms with Crippen LogP contribution in [0.5, 0.6) is 0 Å². The Balaban J connectivity index is 1.87. The minimum absolute atomic E-state index is 0.867. The lowest BCUT2D eigenvalue weighted by Crippen LogP contribution is -2.43. The highest BCUT2D eigenvalue weighted by Gasteiger charge is 2.15. The molecule has 0 spiro atoms. The summed E-state index contributed by atoms with van der Waals surface area (Å²) in [6.07, 6.45) is 3.40. The van der Waals surface area contributed by atoms with Gasteiger partial charge in [-0.3, -0.25) is 15.1 Å². The third-order valence-corrected chi connectivity index (χ3v) is 3.14. The molecule has 1 fully saturated rings. The first-order valence-corrected chi connectivity index (χ1v) is 6.13. The van der Waals surface area contributed by atoms with Crippen molar-refractivity contribution in [2.75, 3.05) is 31.1 Å². The standard InChI is InChI=1S/C12H16N6/c1-9-12(15-3-2-14-9)10-8-11(17-16-10)18-6-4-13-5-7-18/h2-3,8,13H,4-7H2,1H3,(H,16,17). The molecule has 0 aliphatic carbocycles. The summed E-state index contributed by atoms with van der Waals surface area (Å²) in [6, 6.07) is 2.04. The van der Waals surface area contributed by atoms with E-state index >= 15 is 0 Å². The molecule has 1 aliphatic heterocycles. The fourth-order valence-corrected chi connectivity index (χ4v) is 2.16. The number of nitrogens with zero attached hydrogens (tertiary/aromatic N) is 4. The normalized spacial score (nSPS) is 15.9. The summed E-state index contributed by atoms with van der Waals surface area (Å²) in [5.74, 6) is 0.983. The topological polar surface area (TPSA) is 69.7 Å². The quantitative estimate of drug-likeness (QED) is 0.809. The molecule has 3 heterocycles. The first kappa shape index (κ1) is 11.2. The van der Waals surface area contributed by atoms with Gasteiger partial charge < -0.3 is 10.2 Å². The van der Waals surface area contributed by atoms with Crippen molar-refractivity contribution in [2.45, 2.75) is 6.92 Å². The summed E-state index contributed by atoms with van der Waals surface area (Å²) in [5.41, 5.74) is 2.70. The smallest absolute Gasteiger partial charge is 0.151 e. The molecule has 0 radical (unpaired) electrons. The maximum Gasteiger partial charge on any atom is 0.151 e. The summed E-state index contributed by atoms with van der Waals surface area (Å²) in [4.78, 5) is 10.9. The minimum Gasteiger partial charge on any atom is -0.353 e. The molecule has 94 valence electrons. The van der Waals surface area contributed by atoms with Crippen LogP contribution in [0.3, 0.4) is 0 Å². The number of aryl methyl sites for hydroxylation is 1. The van der Waals surface area contributed by atoms with Gasteiger partial charge in [0.05, 0.1) is 11.4 Å². The Labute approximate surface area is 105 Å². The Hall–Kier alpha value is -1.95. The maximum atomic E-state index is 4.36. The van der Waals surface area contributed by atoms with Crippen LogP contribution in [0.25, 0.3) is 11.4 Å². The van der Waals surface area contributed by atoms with Crippen molar-refractivity contribution < 1.29 is 0 Å². The molecule has 18 heavy (non-hydrogen) atoms. The van der Waals surface area contributed by atoms with Crippen molar-refractivity contribution in [3.05, 3.63) is 24.2 Å². The number of aromatic nitrogens is 4. The molecule has 2 N–H and O–H groups in total. The predicted octanol–water partition coefficient (Wildman–Crippen LogP) is 0.585. The largest absolute Gasteiger partial charge is 0.353 e. The Bertz CT molecular complexity index is 529. The summed E-state index contributed by atoms with van der Waals surface area (Å²) in [6.45, 7) is 5.94. The number of H-pyrrole nitrogens is 1. The molecular formula is C12H16N6. The Kier molecular flexibility index (Phi) is 2.93. The van der Waals surface area contributed by atoms with Gasteiger partial charge in [0.15, 0.2) is 5.82 Å². The van der Waals surface area contributed by atoms with Crippen molar-refractivity contribution in [1.29, 1.82) is 0 Å². The first-order valence-electron chi connectivity index (χ1n) is 6.13. The van der Waals surface area contributed by atoms with E-state index in [0.717, 1.165) is 49.1 Å². The van der Waals surface area contributed by atoms with E-state index in [2.05, 4.69) is 30.4 Å². The predicted molar refractivity (Wildman–Crippen MR) is 69.4 cm³/mol. The zero-order valence-corrected chi connectivity index (χ0v) is 10.3. The highest BCUT2D eigenvalue weighted by atomic mass is 15.3. The van der Waals surface area contributed by atoms with E-state index in [0.29, 0.717) is 0 Å². The van der Waals surface area contributed by atoms with Crippen molar-refractivity contribution in [3.8, 4) is 11.4 Å². The van der Waals surface area contributed by atoms with Gasteiger partial charge in [-0.1, -0.05) is 0 Å². The molecule has 6 heteroatoms. The lowest BCUT2D eigenvalue weighted by molar-refractivity contribution is 0.584. The summed E-state index contributed by atoms with van der Waals surface area (Å²) >= 11 is 0. The molecule has 0 bridgehead atoms. The highest BCUT2D eigenvalue weighted by Crippen LogP contribution is 2.21. The van der Waals surface area contributed by atoms with Crippen LogP contribution in [0.1, 0.15) is 5.69 Å². The molecule has 0 atom stereocenters. The number of nitrogens with one attached hydrogen (secondary N) is 2. The molecule has 0 saturated carbocycles. The van der Waals surface area contributed by atoms with Gasteiger partial charge in [-0.15, -0.1) is 0 Å². The van der Waals surface area contributed by atoms with E-state index in [-0.39, 0.29) is 0 Å². The van der Waals surface area contributed by atoms with Gasteiger partial charge in [-0.25, -0.2) is 0 Å². The number of piperazine rings is 1. The Morgan fingerprint density at radius 3 is 2.72 bits per heavy atom. The van der Waals surface area contributed by atoms with E-state index in [1.807, 2.05) is 13.0 Å². The van der Waals surface area contributed by atoms with Crippen LogP contribution in [-0.2, 0) is 0 Å². The molecule has 1 aliphatic rings.